The molecule has 5 atom stereocenters. The quantitative estimate of drug-likeness (QED) is 0.211. The van der Waals surface area contributed by atoms with Crippen LogP contribution in [0.15, 0.2) is 48.8 Å². The number of fused-ring (bicyclic) bond motifs is 1. The number of nitrogens with two attached hydrogens (primary N) is 2. The number of rotatable bonds is 9. The first-order chi connectivity index (χ1) is 20.1. The van der Waals surface area contributed by atoms with Crippen molar-refractivity contribution < 1.29 is 43.9 Å². The first-order valence-electron chi connectivity index (χ1n) is 12.8. The Morgan fingerprint density at radius 2 is 1.81 bits per heavy atom. The van der Waals surface area contributed by atoms with E-state index in [1.54, 1.807) is 37.3 Å². The van der Waals surface area contributed by atoms with E-state index >= 15 is 0 Å². The summed E-state index contributed by atoms with van der Waals surface area (Å²) < 4.78 is 16.8. The zero-order valence-corrected chi connectivity index (χ0v) is 22.9. The van der Waals surface area contributed by atoms with Crippen LogP contribution in [0, 0.1) is 0 Å². The number of aliphatic hydroxyl groups excluding tert-OH is 3. The Morgan fingerprint density at radius 1 is 1.10 bits per heavy atom. The van der Waals surface area contributed by atoms with Crippen molar-refractivity contribution in [1.82, 2.24) is 19.7 Å². The molecule has 15 heteroatoms. The average molecular weight is 585 g/mol. The topological polar surface area (TPSA) is 226 Å². The maximum absolute atomic E-state index is 12.8. The van der Waals surface area contributed by atoms with Gasteiger partial charge in [-0.25, -0.2) is 9.67 Å². The zero-order valence-electron chi connectivity index (χ0n) is 22.9. The normalized spacial score (nSPS) is 21.7. The van der Waals surface area contributed by atoms with E-state index in [0.29, 0.717) is 23.6 Å². The first kappa shape index (κ1) is 30.4. The van der Waals surface area contributed by atoms with Gasteiger partial charge < -0.3 is 45.9 Å². The minimum absolute atomic E-state index is 0.0369. The summed E-state index contributed by atoms with van der Waals surface area (Å²) in [5, 5.41) is 31.8. The van der Waals surface area contributed by atoms with Crippen molar-refractivity contribution >= 4 is 17.7 Å². The van der Waals surface area contributed by atoms with Crippen LogP contribution in [0.25, 0.3) is 0 Å². The molecule has 7 N–H and O–H groups in total. The van der Waals surface area contributed by atoms with Crippen LogP contribution >= 0.6 is 0 Å². The van der Waals surface area contributed by atoms with Gasteiger partial charge in [-0.15, -0.1) is 5.10 Å². The number of hydrogen-bond acceptors (Lipinski definition) is 11. The molecule has 3 amide bonds. The lowest BCUT2D eigenvalue weighted by Crippen LogP contribution is -2.33. The van der Waals surface area contributed by atoms with Gasteiger partial charge in [0, 0.05) is 12.1 Å². The number of benzene rings is 2. The molecule has 0 aliphatic carbocycles. The van der Waals surface area contributed by atoms with Crippen LogP contribution in [-0.4, -0.2) is 91.8 Å². The molecule has 0 saturated carbocycles. The number of nitrogens with zero attached hydrogens (tertiary/aromatic N) is 4. The number of hydrogen-bond donors (Lipinski definition) is 5. The summed E-state index contributed by atoms with van der Waals surface area (Å²) in [4.78, 5) is 40.5. The molecule has 0 spiro atoms. The summed E-state index contributed by atoms with van der Waals surface area (Å²) in [7, 11) is 3.10. The number of primary amides is 2. The third-order valence-electron chi connectivity index (χ3n) is 6.92. The van der Waals surface area contributed by atoms with Crippen LogP contribution in [0.5, 0.6) is 11.5 Å². The van der Waals surface area contributed by atoms with Gasteiger partial charge in [-0.05, 0) is 29.3 Å². The molecule has 224 valence electrons. The standard InChI is InChI=1S/C19H20N2O4.C8H12N4O5/c1-24-16-8-7-12(9-17(16)25-2)15(10-18(20)22)21-11-13-5-3-4-6-14(13)19(21)23;9-6(16)7-10-2-12(11-7)8-5(15)4(14)3(1-13)17-8/h3-9,15H,10-11H2,1-2H3,(H2,20,22);2-5,8,13-15H,1H2,(H2,9,16)/t;3-,4-,5-,8-/m.1/s1. The second kappa shape index (κ2) is 12.9. The highest BCUT2D eigenvalue weighted by atomic mass is 16.6. The van der Waals surface area contributed by atoms with Gasteiger partial charge in [0.25, 0.3) is 11.8 Å². The second-order valence-electron chi connectivity index (χ2n) is 9.53. The highest BCUT2D eigenvalue weighted by molar-refractivity contribution is 5.98. The summed E-state index contributed by atoms with van der Waals surface area (Å²) in [5.41, 5.74) is 12.8. The van der Waals surface area contributed by atoms with Gasteiger partial charge in [-0.2, -0.15) is 0 Å². The molecule has 5 rings (SSSR count). The first-order valence-corrected chi connectivity index (χ1v) is 12.8. The molecule has 3 heterocycles. The van der Waals surface area contributed by atoms with Gasteiger partial charge in [0.15, 0.2) is 17.7 Å². The van der Waals surface area contributed by atoms with Crippen molar-refractivity contribution in [2.24, 2.45) is 11.5 Å². The summed E-state index contributed by atoms with van der Waals surface area (Å²) in [6.45, 7) is 0.00734. The SMILES string of the molecule is COc1ccc(C(CC(N)=O)N2Cc3ccccc3C2=O)cc1OC.NC(=O)c1ncn([C@@H]2O[C@H](CO)[C@@H](O)[C@H]2O)n1. The van der Waals surface area contributed by atoms with E-state index in [-0.39, 0.29) is 18.2 Å². The fourth-order valence-corrected chi connectivity index (χ4v) is 4.80. The predicted octanol–water partition coefficient (Wildman–Crippen LogP) is -0.735. The molecule has 2 aromatic carbocycles. The van der Waals surface area contributed by atoms with E-state index in [1.807, 2.05) is 24.3 Å². The van der Waals surface area contributed by atoms with Crippen LogP contribution in [0.1, 0.15) is 50.8 Å². The maximum atomic E-state index is 12.8. The Kier molecular flexibility index (Phi) is 9.37. The zero-order chi connectivity index (χ0) is 30.6. The van der Waals surface area contributed by atoms with Gasteiger partial charge in [0.2, 0.25) is 11.7 Å². The molecule has 2 aliphatic heterocycles. The molecule has 1 aromatic heterocycles. The number of carbonyl (C=O) groups excluding carboxylic acids is 3. The average Bonchev–Trinajstić information content (AvgIpc) is 3.68. The minimum atomic E-state index is -1.27. The minimum Gasteiger partial charge on any atom is -0.493 e. The van der Waals surface area contributed by atoms with Gasteiger partial charge in [0.05, 0.1) is 33.3 Å². The Balaban J connectivity index is 0.000000208. The van der Waals surface area contributed by atoms with Crippen LogP contribution in [-0.2, 0) is 16.1 Å². The molecule has 2 aliphatic rings. The van der Waals surface area contributed by atoms with E-state index in [4.69, 9.17) is 30.8 Å². The van der Waals surface area contributed by atoms with Crippen molar-refractivity contribution in [2.75, 3.05) is 20.8 Å². The van der Waals surface area contributed by atoms with Gasteiger partial charge in [-0.1, -0.05) is 24.3 Å². The lowest BCUT2D eigenvalue weighted by molar-refractivity contribution is -0.119. The molecule has 0 radical (unpaired) electrons. The van der Waals surface area contributed by atoms with E-state index < -0.39 is 49.0 Å². The predicted molar refractivity (Wildman–Crippen MR) is 144 cm³/mol. The van der Waals surface area contributed by atoms with Crippen molar-refractivity contribution in [3.8, 4) is 11.5 Å². The fourth-order valence-electron chi connectivity index (χ4n) is 4.80. The molecular formula is C27H32N6O9. The number of ether oxygens (including phenoxy) is 3. The van der Waals surface area contributed by atoms with Crippen LogP contribution in [0.2, 0.25) is 0 Å². The molecule has 1 fully saturated rings. The largest absolute Gasteiger partial charge is 0.493 e. The Morgan fingerprint density at radius 3 is 2.38 bits per heavy atom. The highest BCUT2D eigenvalue weighted by Gasteiger charge is 2.44. The number of aromatic nitrogens is 3. The molecule has 0 bridgehead atoms. The number of carbonyl (C=O) groups is 3. The molecular weight excluding hydrogens is 552 g/mol. The van der Waals surface area contributed by atoms with E-state index in [9.17, 15) is 24.6 Å². The van der Waals surface area contributed by atoms with Crippen molar-refractivity contribution in [3.05, 3.63) is 71.3 Å². The monoisotopic (exact) mass is 584 g/mol. The molecule has 15 nitrogen and oxygen atoms in total. The van der Waals surface area contributed by atoms with Crippen LogP contribution in [0.3, 0.4) is 0 Å². The second-order valence-corrected chi connectivity index (χ2v) is 9.53. The summed E-state index contributed by atoms with van der Waals surface area (Å²) in [6.07, 6.45) is -3.23. The van der Waals surface area contributed by atoms with Gasteiger partial charge >= 0.3 is 0 Å². The fraction of sp³-hybridized carbons (Fsp3) is 0.370. The Bertz CT molecular complexity index is 1450. The summed E-state index contributed by atoms with van der Waals surface area (Å²) in [6, 6.07) is 12.4. The van der Waals surface area contributed by atoms with Crippen molar-refractivity contribution in [3.63, 3.8) is 0 Å². The third-order valence-corrected chi connectivity index (χ3v) is 6.92. The third kappa shape index (κ3) is 6.18. The van der Waals surface area contributed by atoms with E-state index in [0.717, 1.165) is 22.1 Å². The Hall–Kier alpha value is -4.57. The molecule has 42 heavy (non-hydrogen) atoms. The summed E-state index contributed by atoms with van der Waals surface area (Å²) >= 11 is 0. The molecule has 1 saturated heterocycles. The van der Waals surface area contributed by atoms with Crippen molar-refractivity contribution in [2.45, 2.75) is 43.5 Å². The number of aliphatic hydroxyl groups is 3. The number of amides is 3. The Labute approximate surface area is 240 Å². The van der Waals surface area contributed by atoms with Gasteiger partial charge in [0.1, 0.15) is 24.6 Å². The number of methoxy groups -OCH3 is 2. The maximum Gasteiger partial charge on any atom is 0.288 e. The molecule has 1 unspecified atom stereocenters. The summed E-state index contributed by atoms with van der Waals surface area (Å²) in [5.74, 6) is -0.475. The van der Waals surface area contributed by atoms with Crippen molar-refractivity contribution in [1.29, 1.82) is 0 Å². The smallest absolute Gasteiger partial charge is 0.288 e. The molecule has 3 aromatic rings. The van der Waals surface area contributed by atoms with Gasteiger partial charge in [-0.3, -0.25) is 14.4 Å². The van der Waals surface area contributed by atoms with Crippen LogP contribution in [0.4, 0.5) is 0 Å². The van der Waals surface area contributed by atoms with E-state index in [1.165, 1.54) is 0 Å². The van der Waals surface area contributed by atoms with Crippen LogP contribution < -0.4 is 20.9 Å². The highest BCUT2D eigenvalue weighted by Crippen LogP contribution is 2.37. The van der Waals surface area contributed by atoms with E-state index in [2.05, 4.69) is 10.1 Å². The lowest BCUT2D eigenvalue weighted by atomic mass is 10.0. The lowest BCUT2D eigenvalue weighted by Gasteiger charge is -2.28.